The standard InChI is InChI=1S/C17H15FN2O4/c1-24-17(23)13-7-2-3-8-14(13)20-15(21)10-19-16(22)11-5-4-6-12(18)9-11/h2-9H,10H2,1H3,(H,19,22)(H,20,21). The van der Waals surface area contributed by atoms with Gasteiger partial charge in [-0.2, -0.15) is 0 Å². The van der Waals surface area contributed by atoms with E-state index in [0.717, 1.165) is 6.07 Å². The first kappa shape index (κ1) is 17.1. The van der Waals surface area contributed by atoms with Gasteiger partial charge in [-0.3, -0.25) is 9.59 Å². The molecule has 7 heteroatoms. The van der Waals surface area contributed by atoms with Gasteiger partial charge in [0, 0.05) is 5.56 Å². The first-order chi connectivity index (χ1) is 11.5. The van der Waals surface area contributed by atoms with E-state index in [1.807, 2.05) is 0 Å². The van der Waals surface area contributed by atoms with Crippen LogP contribution in [0.15, 0.2) is 48.5 Å². The number of carbonyl (C=O) groups excluding carboxylic acids is 3. The molecule has 0 saturated heterocycles. The Morgan fingerprint density at radius 2 is 1.83 bits per heavy atom. The van der Waals surface area contributed by atoms with Gasteiger partial charge in [-0.15, -0.1) is 0 Å². The number of amides is 2. The van der Waals surface area contributed by atoms with Gasteiger partial charge in [0.25, 0.3) is 5.91 Å². The summed E-state index contributed by atoms with van der Waals surface area (Å²) in [5.41, 5.74) is 0.580. The van der Waals surface area contributed by atoms with Gasteiger partial charge >= 0.3 is 5.97 Å². The van der Waals surface area contributed by atoms with Crippen molar-refractivity contribution in [3.8, 4) is 0 Å². The van der Waals surface area contributed by atoms with Crippen LogP contribution in [-0.4, -0.2) is 31.4 Å². The van der Waals surface area contributed by atoms with Gasteiger partial charge in [-0.1, -0.05) is 18.2 Å². The van der Waals surface area contributed by atoms with Crippen LogP contribution in [0.1, 0.15) is 20.7 Å². The highest BCUT2D eigenvalue weighted by atomic mass is 19.1. The minimum Gasteiger partial charge on any atom is -0.465 e. The number of para-hydroxylation sites is 1. The van der Waals surface area contributed by atoms with Gasteiger partial charge in [0.15, 0.2) is 0 Å². The number of nitrogens with one attached hydrogen (secondary N) is 2. The minimum absolute atomic E-state index is 0.109. The van der Waals surface area contributed by atoms with E-state index in [9.17, 15) is 18.8 Å². The third kappa shape index (κ3) is 4.39. The van der Waals surface area contributed by atoms with E-state index in [1.165, 1.54) is 31.4 Å². The number of esters is 1. The highest BCUT2D eigenvalue weighted by Crippen LogP contribution is 2.15. The monoisotopic (exact) mass is 330 g/mol. The Hall–Kier alpha value is -3.22. The molecule has 0 radical (unpaired) electrons. The smallest absolute Gasteiger partial charge is 0.339 e. The quantitative estimate of drug-likeness (QED) is 0.821. The van der Waals surface area contributed by atoms with Crippen LogP contribution in [0, 0.1) is 5.82 Å². The molecule has 2 N–H and O–H groups in total. The van der Waals surface area contributed by atoms with E-state index >= 15 is 0 Å². The van der Waals surface area contributed by atoms with Crippen LogP contribution < -0.4 is 10.6 Å². The van der Waals surface area contributed by atoms with Gasteiger partial charge < -0.3 is 15.4 Å². The summed E-state index contributed by atoms with van der Waals surface area (Å²) in [6.45, 7) is -0.329. The molecule has 0 aliphatic carbocycles. The van der Waals surface area contributed by atoms with Gasteiger partial charge in [-0.25, -0.2) is 9.18 Å². The van der Waals surface area contributed by atoms with Gasteiger partial charge in [-0.05, 0) is 30.3 Å². The molecule has 0 saturated carbocycles. The van der Waals surface area contributed by atoms with Gasteiger partial charge in [0.1, 0.15) is 5.82 Å². The molecule has 2 amide bonds. The number of anilines is 1. The van der Waals surface area contributed by atoms with E-state index in [4.69, 9.17) is 0 Å². The number of ether oxygens (including phenoxy) is 1. The summed E-state index contributed by atoms with van der Waals surface area (Å²) in [5.74, 6) is -2.24. The highest BCUT2D eigenvalue weighted by molar-refractivity contribution is 6.03. The van der Waals surface area contributed by atoms with E-state index in [1.54, 1.807) is 18.2 Å². The summed E-state index contributed by atoms with van der Waals surface area (Å²) < 4.78 is 17.7. The Kier molecular flexibility index (Phi) is 5.62. The first-order valence-electron chi connectivity index (χ1n) is 7.02. The summed E-state index contributed by atoms with van der Waals surface area (Å²) in [4.78, 5) is 35.4. The lowest BCUT2D eigenvalue weighted by Gasteiger charge is -2.10. The second-order valence-corrected chi connectivity index (χ2v) is 4.78. The second-order valence-electron chi connectivity index (χ2n) is 4.78. The molecule has 0 bridgehead atoms. The summed E-state index contributed by atoms with van der Waals surface area (Å²) in [6.07, 6.45) is 0. The molecule has 0 fully saturated rings. The molecule has 6 nitrogen and oxygen atoms in total. The molecule has 0 aliphatic heterocycles. The summed E-state index contributed by atoms with van der Waals surface area (Å²) in [7, 11) is 1.24. The van der Waals surface area contributed by atoms with Crippen molar-refractivity contribution < 1.29 is 23.5 Å². The zero-order valence-corrected chi connectivity index (χ0v) is 12.8. The van der Waals surface area contributed by atoms with Crippen molar-refractivity contribution in [2.45, 2.75) is 0 Å². The predicted octanol–water partition coefficient (Wildman–Crippen LogP) is 1.98. The topological polar surface area (TPSA) is 84.5 Å². The zero-order chi connectivity index (χ0) is 17.5. The molecule has 0 spiro atoms. The Balaban J connectivity index is 1.97. The summed E-state index contributed by atoms with van der Waals surface area (Å²) in [6, 6.07) is 11.4. The van der Waals surface area contributed by atoms with Crippen molar-refractivity contribution in [3.63, 3.8) is 0 Å². The van der Waals surface area contributed by atoms with Crippen molar-refractivity contribution in [3.05, 3.63) is 65.5 Å². The molecular weight excluding hydrogens is 315 g/mol. The Morgan fingerprint density at radius 3 is 2.54 bits per heavy atom. The Morgan fingerprint density at radius 1 is 1.08 bits per heavy atom. The second kappa shape index (κ2) is 7.87. The van der Waals surface area contributed by atoms with Crippen molar-refractivity contribution >= 4 is 23.5 Å². The fraction of sp³-hybridized carbons (Fsp3) is 0.118. The average molecular weight is 330 g/mol. The van der Waals surface area contributed by atoms with E-state index in [2.05, 4.69) is 15.4 Å². The minimum atomic E-state index is -0.588. The summed E-state index contributed by atoms with van der Waals surface area (Å²) in [5, 5.41) is 4.89. The molecule has 0 aliphatic rings. The van der Waals surface area contributed by atoms with Crippen LogP contribution in [0.2, 0.25) is 0 Å². The van der Waals surface area contributed by atoms with Crippen LogP contribution in [0.5, 0.6) is 0 Å². The maximum absolute atomic E-state index is 13.1. The van der Waals surface area contributed by atoms with Crippen molar-refractivity contribution in [1.29, 1.82) is 0 Å². The van der Waals surface area contributed by atoms with Crippen molar-refractivity contribution in [2.75, 3.05) is 19.0 Å². The van der Waals surface area contributed by atoms with Crippen LogP contribution in [-0.2, 0) is 9.53 Å². The number of rotatable bonds is 5. The largest absolute Gasteiger partial charge is 0.465 e. The van der Waals surface area contributed by atoms with Gasteiger partial charge in [0.05, 0.1) is 24.9 Å². The lowest BCUT2D eigenvalue weighted by molar-refractivity contribution is -0.115. The molecule has 0 heterocycles. The zero-order valence-electron chi connectivity index (χ0n) is 12.8. The third-order valence-corrected chi connectivity index (χ3v) is 3.10. The molecule has 2 aromatic rings. The van der Waals surface area contributed by atoms with Gasteiger partial charge in [0.2, 0.25) is 5.91 Å². The number of hydrogen-bond donors (Lipinski definition) is 2. The Labute approximate surface area is 137 Å². The van der Waals surface area contributed by atoms with Crippen molar-refractivity contribution in [1.82, 2.24) is 5.32 Å². The number of methoxy groups -OCH3 is 1. The summed E-state index contributed by atoms with van der Waals surface area (Å²) >= 11 is 0. The maximum atomic E-state index is 13.1. The maximum Gasteiger partial charge on any atom is 0.339 e. The fourth-order valence-corrected chi connectivity index (χ4v) is 1.97. The van der Waals surface area contributed by atoms with E-state index in [0.29, 0.717) is 0 Å². The highest BCUT2D eigenvalue weighted by Gasteiger charge is 2.14. The first-order valence-corrected chi connectivity index (χ1v) is 7.02. The van der Waals surface area contributed by atoms with Crippen LogP contribution in [0.25, 0.3) is 0 Å². The number of benzene rings is 2. The van der Waals surface area contributed by atoms with Crippen LogP contribution in [0.3, 0.4) is 0 Å². The average Bonchev–Trinajstić information content (AvgIpc) is 2.59. The fourth-order valence-electron chi connectivity index (χ4n) is 1.97. The third-order valence-electron chi connectivity index (χ3n) is 3.10. The molecular formula is C17H15FN2O4. The molecule has 0 aromatic heterocycles. The normalized spacial score (nSPS) is 9.92. The molecule has 124 valence electrons. The molecule has 0 atom stereocenters. The Bertz CT molecular complexity index is 777. The van der Waals surface area contributed by atoms with E-state index in [-0.39, 0.29) is 23.4 Å². The molecule has 24 heavy (non-hydrogen) atoms. The van der Waals surface area contributed by atoms with E-state index < -0.39 is 23.6 Å². The SMILES string of the molecule is COC(=O)c1ccccc1NC(=O)CNC(=O)c1cccc(F)c1. The van der Waals surface area contributed by atoms with Crippen LogP contribution >= 0.6 is 0 Å². The molecule has 2 aromatic carbocycles. The van der Waals surface area contributed by atoms with Crippen LogP contribution in [0.4, 0.5) is 10.1 Å². The van der Waals surface area contributed by atoms with Crippen molar-refractivity contribution in [2.24, 2.45) is 0 Å². The lowest BCUT2D eigenvalue weighted by atomic mass is 10.2. The number of halogens is 1. The number of carbonyl (C=O) groups is 3. The predicted molar refractivity (Wildman–Crippen MR) is 85.1 cm³/mol. The molecule has 2 rings (SSSR count). The number of hydrogen-bond acceptors (Lipinski definition) is 4. The lowest BCUT2D eigenvalue weighted by Crippen LogP contribution is -2.33. The molecule has 0 unspecified atom stereocenters.